The van der Waals surface area contributed by atoms with E-state index in [1.807, 2.05) is 0 Å². The molecule has 0 aliphatic rings. The fourth-order valence-corrected chi connectivity index (χ4v) is 1.14. The molecule has 0 spiro atoms. The van der Waals surface area contributed by atoms with E-state index in [0.717, 1.165) is 12.3 Å². The number of alkyl halides is 3. The molecule has 0 saturated carbocycles. The predicted molar refractivity (Wildman–Crippen MR) is 55.5 cm³/mol. The fraction of sp³-hybridized carbons (Fsp3) is 0.167. The summed E-state index contributed by atoms with van der Waals surface area (Å²) in [4.78, 5) is 3.54. The third-order valence-electron chi connectivity index (χ3n) is 1.51. The number of rotatable bonds is 1. The Bertz CT molecular complexity index is 286. The quantitative estimate of drug-likeness (QED) is 0.490. The van der Waals surface area contributed by atoms with Gasteiger partial charge in [0.05, 0.1) is 0 Å². The summed E-state index contributed by atoms with van der Waals surface area (Å²) in [5.41, 5.74) is -0.0192. The van der Waals surface area contributed by atoms with Crippen LogP contribution in [0.2, 0.25) is 0 Å². The summed E-state index contributed by atoms with van der Waals surface area (Å²) in [6.07, 6.45) is 1.14. The molecule has 4 nitrogen and oxygen atoms in total. The van der Waals surface area contributed by atoms with Gasteiger partial charge < -0.3 is 15.1 Å². The summed E-state index contributed by atoms with van der Waals surface area (Å²) in [5.74, 6) is 0. The zero-order valence-electron chi connectivity index (χ0n) is 6.73. The largest absolute Gasteiger partial charge is 0.555 e. The minimum Gasteiger partial charge on any atom is -0.555 e. The van der Waals surface area contributed by atoms with E-state index in [1.165, 1.54) is 6.07 Å². The van der Waals surface area contributed by atoms with Crippen molar-refractivity contribution in [2.24, 2.45) is 0 Å². The lowest BCUT2D eigenvalue weighted by atomic mass is 9.75. The maximum Gasteiger partial charge on any atom is 0.420 e. The molecule has 0 aromatic carbocycles. The molecule has 0 bridgehead atoms. The van der Waals surface area contributed by atoms with Crippen molar-refractivity contribution in [2.45, 2.75) is 3.79 Å². The lowest BCUT2D eigenvalue weighted by Gasteiger charge is -2.20. The van der Waals surface area contributed by atoms with Gasteiger partial charge in [-0.2, -0.15) is 0 Å². The van der Waals surface area contributed by atoms with Gasteiger partial charge >= 0.3 is 6.75 Å². The van der Waals surface area contributed by atoms with E-state index in [1.54, 1.807) is 0 Å². The lowest BCUT2D eigenvalue weighted by molar-refractivity contribution is 0.248. The van der Waals surface area contributed by atoms with Gasteiger partial charge in [0.1, 0.15) is 0 Å². The van der Waals surface area contributed by atoms with Crippen LogP contribution in [-0.4, -0.2) is 26.8 Å². The summed E-state index contributed by atoms with van der Waals surface area (Å²) < 4.78 is -1.62. The highest BCUT2D eigenvalue weighted by Gasteiger charge is 2.25. The Kier molecular flexibility index (Phi) is 3.31. The number of nitrogens with zero attached hydrogens (tertiary/aromatic N) is 1. The van der Waals surface area contributed by atoms with Crippen molar-refractivity contribution in [1.29, 1.82) is 0 Å². The Hall–Kier alpha value is -0.0351. The van der Waals surface area contributed by atoms with E-state index in [4.69, 9.17) is 49.9 Å². The summed E-state index contributed by atoms with van der Waals surface area (Å²) in [7, 11) is 0. The van der Waals surface area contributed by atoms with E-state index in [-0.39, 0.29) is 11.2 Å². The smallest absolute Gasteiger partial charge is 0.420 e. The van der Waals surface area contributed by atoms with Gasteiger partial charge in [-0.1, -0.05) is 46.9 Å². The van der Waals surface area contributed by atoms with Gasteiger partial charge in [0.25, 0.3) is 0 Å². The summed E-state index contributed by atoms with van der Waals surface area (Å²) in [6.45, 7) is -3.60. The molecule has 0 radical (unpaired) electrons. The topological polar surface area (TPSA) is 73.6 Å². The van der Waals surface area contributed by atoms with Crippen LogP contribution >= 0.6 is 34.8 Å². The van der Waals surface area contributed by atoms with Crippen LogP contribution in [0.1, 0.15) is 5.56 Å². The van der Waals surface area contributed by atoms with E-state index >= 15 is 0 Å². The van der Waals surface area contributed by atoms with Crippen LogP contribution in [-0.2, 0) is 3.79 Å². The molecule has 1 aromatic rings. The Morgan fingerprint density at radius 2 is 1.71 bits per heavy atom. The monoisotopic (exact) mass is 256 g/mol. The Morgan fingerprint density at radius 3 is 2.00 bits per heavy atom. The van der Waals surface area contributed by atoms with Crippen molar-refractivity contribution in [3.05, 3.63) is 23.9 Å². The lowest BCUT2D eigenvalue weighted by Crippen LogP contribution is -2.50. The number of aromatic nitrogens is 1. The van der Waals surface area contributed by atoms with Gasteiger partial charge in [-0.15, -0.1) is 0 Å². The first-order valence-electron chi connectivity index (χ1n) is 3.56. The number of pyridine rings is 1. The van der Waals surface area contributed by atoms with Gasteiger partial charge in [-0.25, -0.2) is 0 Å². The minimum atomic E-state index is -3.60. The highest BCUT2D eigenvalue weighted by atomic mass is 35.6. The fourth-order valence-electron chi connectivity index (χ4n) is 0.802. The molecule has 0 amide bonds. The highest BCUT2D eigenvalue weighted by molar-refractivity contribution is 6.70. The molecule has 1 aromatic heterocycles. The van der Waals surface area contributed by atoms with Crippen LogP contribution in [0.4, 0.5) is 0 Å². The summed E-state index contributed by atoms with van der Waals surface area (Å²) in [5, 5.41) is 26.4. The minimum absolute atomic E-state index is 0.270. The molecule has 1 heterocycles. The standard InChI is InChI=1S/C6H6BCl3NO3/c8-6(9,10)4-1-2-5(11-3-4)7(12,13)14/h1-3,12-14H/q-1. The van der Waals surface area contributed by atoms with Gasteiger partial charge in [0.2, 0.25) is 3.79 Å². The van der Waals surface area contributed by atoms with Crippen molar-refractivity contribution in [1.82, 2.24) is 4.98 Å². The average Bonchev–Trinajstić information content (AvgIpc) is 2.01. The first-order valence-corrected chi connectivity index (χ1v) is 4.70. The predicted octanol–water partition coefficient (Wildman–Crippen LogP) is 0.0311. The van der Waals surface area contributed by atoms with Crippen LogP contribution in [0.3, 0.4) is 0 Å². The van der Waals surface area contributed by atoms with Gasteiger partial charge in [-0.05, 0) is 5.59 Å². The SMILES string of the molecule is O[B-](O)(O)c1ccc(C(Cl)(Cl)Cl)cn1. The molecule has 78 valence electrons. The molecule has 8 heteroatoms. The third-order valence-corrected chi connectivity index (χ3v) is 2.17. The summed E-state index contributed by atoms with van der Waals surface area (Å²) in [6, 6.07) is 2.49. The zero-order valence-corrected chi connectivity index (χ0v) is 9.00. The first kappa shape index (κ1) is 12.0. The van der Waals surface area contributed by atoms with E-state index in [9.17, 15) is 0 Å². The molecule has 14 heavy (non-hydrogen) atoms. The second kappa shape index (κ2) is 3.85. The Morgan fingerprint density at radius 1 is 1.14 bits per heavy atom. The van der Waals surface area contributed by atoms with Crippen LogP contribution in [0.25, 0.3) is 0 Å². The molecular weight excluding hydrogens is 251 g/mol. The van der Waals surface area contributed by atoms with Gasteiger partial charge in [0, 0.05) is 11.8 Å². The summed E-state index contributed by atoms with van der Waals surface area (Å²) >= 11 is 16.6. The number of hydrogen-bond acceptors (Lipinski definition) is 4. The van der Waals surface area contributed by atoms with Crippen LogP contribution in [0.15, 0.2) is 18.3 Å². The number of halogens is 3. The molecule has 0 unspecified atom stereocenters. The Balaban J connectivity index is 3.02. The van der Waals surface area contributed by atoms with Crippen LogP contribution < -0.4 is 5.59 Å². The van der Waals surface area contributed by atoms with Crippen molar-refractivity contribution in [3.8, 4) is 0 Å². The maximum absolute atomic E-state index is 8.79. The zero-order chi connectivity index (χ0) is 11.0. The molecule has 3 N–H and O–H groups in total. The van der Waals surface area contributed by atoms with E-state index in [0.29, 0.717) is 0 Å². The molecule has 1 rings (SSSR count). The molecular formula is C6H6BCl3NO3-. The van der Waals surface area contributed by atoms with Crippen LogP contribution in [0, 0.1) is 0 Å². The van der Waals surface area contributed by atoms with Crippen LogP contribution in [0.5, 0.6) is 0 Å². The first-order chi connectivity index (χ1) is 6.21. The van der Waals surface area contributed by atoms with Crippen molar-refractivity contribution in [2.75, 3.05) is 0 Å². The number of hydrogen-bond donors (Lipinski definition) is 3. The van der Waals surface area contributed by atoms with Crippen molar-refractivity contribution >= 4 is 47.2 Å². The van der Waals surface area contributed by atoms with E-state index < -0.39 is 10.5 Å². The van der Waals surface area contributed by atoms with E-state index in [2.05, 4.69) is 4.98 Å². The maximum atomic E-state index is 8.79. The van der Waals surface area contributed by atoms with Crippen molar-refractivity contribution in [3.63, 3.8) is 0 Å². The van der Waals surface area contributed by atoms with Crippen molar-refractivity contribution < 1.29 is 15.1 Å². The molecule has 0 saturated heterocycles. The second-order valence-electron chi connectivity index (χ2n) is 2.70. The molecule has 0 aliphatic heterocycles. The van der Waals surface area contributed by atoms with Gasteiger partial charge in [-0.3, -0.25) is 4.98 Å². The second-order valence-corrected chi connectivity index (χ2v) is 4.98. The third kappa shape index (κ3) is 2.98. The normalized spacial score (nSPS) is 13.0. The molecule has 0 fully saturated rings. The Labute approximate surface area is 95.1 Å². The highest BCUT2D eigenvalue weighted by Crippen LogP contribution is 2.37. The average molecular weight is 257 g/mol. The van der Waals surface area contributed by atoms with Gasteiger partial charge in [0.15, 0.2) is 0 Å². The molecule has 0 aliphatic carbocycles. The molecule has 0 atom stereocenters.